The second-order valence-electron chi connectivity index (χ2n) is 3.79. The molecule has 0 saturated heterocycles. The molecule has 0 aliphatic heterocycles. The Labute approximate surface area is 100 Å². The van der Waals surface area contributed by atoms with Crippen LogP contribution in [0.15, 0.2) is 30.6 Å². The molecule has 0 saturated carbocycles. The summed E-state index contributed by atoms with van der Waals surface area (Å²) >= 11 is 0. The fourth-order valence-electron chi connectivity index (χ4n) is 1.60. The number of hydrogen-bond donors (Lipinski definition) is 3. The lowest BCUT2D eigenvalue weighted by atomic mass is 10.2. The van der Waals surface area contributed by atoms with Gasteiger partial charge in [0.25, 0.3) is 0 Å². The second kappa shape index (κ2) is 4.78. The van der Waals surface area contributed by atoms with Crippen molar-refractivity contribution in [3.05, 3.63) is 36.4 Å². The Balaban J connectivity index is 2.18. The van der Waals surface area contributed by atoms with Crippen LogP contribution < -0.4 is 15.8 Å². The van der Waals surface area contributed by atoms with Gasteiger partial charge in [-0.3, -0.25) is 0 Å². The highest BCUT2D eigenvalue weighted by Crippen LogP contribution is 2.27. The topological polar surface area (TPSA) is 76.0 Å². The van der Waals surface area contributed by atoms with E-state index in [2.05, 4.69) is 15.3 Å². The lowest BCUT2D eigenvalue weighted by Crippen LogP contribution is -2.10. The van der Waals surface area contributed by atoms with Gasteiger partial charge in [0.15, 0.2) is 0 Å². The van der Waals surface area contributed by atoms with Crippen LogP contribution in [-0.2, 0) is 0 Å². The molecule has 2 aromatic rings. The Hall–Kier alpha value is -2.17. The van der Waals surface area contributed by atoms with E-state index in [1.54, 1.807) is 19.5 Å². The molecule has 1 heterocycles. The monoisotopic (exact) mass is 232 g/mol. The van der Waals surface area contributed by atoms with Gasteiger partial charge in [-0.15, -0.1) is 0 Å². The Morgan fingerprint density at radius 3 is 2.94 bits per heavy atom. The van der Waals surface area contributed by atoms with Crippen LogP contribution in [0.1, 0.15) is 18.8 Å². The summed E-state index contributed by atoms with van der Waals surface area (Å²) in [5.74, 6) is 1.64. The largest absolute Gasteiger partial charge is 0.497 e. The summed E-state index contributed by atoms with van der Waals surface area (Å²) in [6.07, 6.45) is 3.52. The van der Waals surface area contributed by atoms with E-state index < -0.39 is 0 Å². The molecule has 1 aromatic carbocycles. The Morgan fingerprint density at radius 1 is 1.47 bits per heavy atom. The number of nitrogens with zero attached hydrogens (tertiary/aromatic N) is 1. The maximum atomic E-state index is 5.90. The first-order chi connectivity index (χ1) is 8.20. The molecule has 1 atom stereocenters. The van der Waals surface area contributed by atoms with Crippen LogP contribution >= 0.6 is 0 Å². The first kappa shape index (κ1) is 11.3. The molecular weight excluding hydrogens is 216 g/mol. The van der Waals surface area contributed by atoms with E-state index in [9.17, 15) is 0 Å². The summed E-state index contributed by atoms with van der Waals surface area (Å²) in [6, 6.07) is 5.57. The van der Waals surface area contributed by atoms with E-state index >= 15 is 0 Å². The van der Waals surface area contributed by atoms with Gasteiger partial charge in [-0.25, -0.2) is 4.98 Å². The zero-order chi connectivity index (χ0) is 12.3. The molecule has 1 unspecified atom stereocenters. The van der Waals surface area contributed by atoms with E-state index in [4.69, 9.17) is 10.5 Å². The van der Waals surface area contributed by atoms with Crippen molar-refractivity contribution in [2.45, 2.75) is 13.0 Å². The van der Waals surface area contributed by atoms with E-state index in [0.717, 1.165) is 17.3 Å². The zero-order valence-corrected chi connectivity index (χ0v) is 9.90. The van der Waals surface area contributed by atoms with Gasteiger partial charge in [0.1, 0.15) is 11.6 Å². The molecule has 17 heavy (non-hydrogen) atoms. The first-order valence-electron chi connectivity index (χ1n) is 5.40. The number of methoxy groups -OCH3 is 1. The highest BCUT2D eigenvalue weighted by atomic mass is 16.5. The number of H-pyrrole nitrogens is 1. The highest BCUT2D eigenvalue weighted by molar-refractivity contribution is 5.68. The molecule has 0 amide bonds. The lowest BCUT2D eigenvalue weighted by Gasteiger charge is -2.15. The number of rotatable bonds is 4. The van der Waals surface area contributed by atoms with Crippen LogP contribution in [0, 0.1) is 0 Å². The standard InChI is InChI=1S/C12H16N4O/c1-8(12-14-5-6-15-12)16-11-7-9(17-2)3-4-10(11)13/h3-8,16H,13H2,1-2H3,(H,14,15). The highest BCUT2D eigenvalue weighted by Gasteiger charge is 2.09. The molecule has 2 rings (SSSR count). The van der Waals surface area contributed by atoms with Crippen molar-refractivity contribution in [1.29, 1.82) is 0 Å². The van der Waals surface area contributed by atoms with Gasteiger partial charge in [-0.1, -0.05) is 0 Å². The van der Waals surface area contributed by atoms with Crippen LogP contribution in [0.4, 0.5) is 11.4 Å². The fraction of sp³-hybridized carbons (Fsp3) is 0.250. The average molecular weight is 232 g/mol. The lowest BCUT2D eigenvalue weighted by molar-refractivity contribution is 0.415. The van der Waals surface area contributed by atoms with Crippen molar-refractivity contribution in [3.8, 4) is 5.75 Å². The smallest absolute Gasteiger partial charge is 0.128 e. The SMILES string of the molecule is COc1ccc(N)c(NC(C)c2ncc[nH]2)c1. The first-order valence-corrected chi connectivity index (χ1v) is 5.40. The summed E-state index contributed by atoms with van der Waals surface area (Å²) in [5.41, 5.74) is 7.42. The molecule has 1 aromatic heterocycles. The Bertz CT molecular complexity index is 481. The zero-order valence-electron chi connectivity index (χ0n) is 9.90. The van der Waals surface area contributed by atoms with E-state index in [1.165, 1.54) is 0 Å². The number of nitrogen functional groups attached to an aromatic ring is 1. The molecule has 90 valence electrons. The minimum atomic E-state index is 0.0550. The van der Waals surface area contributed by atoms with Gasteiger partial charge < -0.3 is 20.8 Å². The number of aromatic amines is 1. The van der Waals surface area contributed by atoms with Crippen molar-refractivity contribution in [2.24, 2.45) is 0 Å². The normalized spacial score (nSPS) is 12.1. The number of ether oxygens (including phenoxy) is 1. The Kier molecular flexibility index (Phi) is 3.18. The van der Waals surface area contributed by atoms with Crippen molar-refractivity contribution < 1.29 is 4.74 Å². The van der Waals surface area contributed by atoms with Crippen molar-refractivity contribution in [2.75, 3.05) is 18.2 Å². The predicted octanol–water partition coefficient (Wildman–Crippen LogP) is 2.17. The molecule has 0 aliphatic rings. The molecule has 5 heteroatoms. The number of hydrogen-bond acceptors (Lipinski definition) is 4. The third-order valence-corrected chi connectivity index (χ3v) is 2.56. The molecule has 0 aliphatic carbocycles. The maximum Gasteiger partial charge on any atom is 0.128 e. The number of imidazole rings is 1. The minimum Gasteiger partial charge on any atom is -0.497 e. The minimum absolute atomic E-state index is 0.0550. The van der Waals surface area contributed by atoms with Crippen LogP contribution in [0.2, 0.25) is 0 Å². The van der Waals surface area contributed by atoms with Gasteiger partial charge in [-0.05, 0) is 19.1 Å². The van der Waals surface area contributed by atoms with Gasteiger partial charge in [0.05, 0.1) is 24.5 Å². The third-order valence-electron chi connectivity index (χ3n) is 2.56. The van der Waals surface area contributed by atoms with Crippen LogP contribution in [-0.4, -0.2) is 17.1 Å². The average Bonchev–Trinajstić information content (AvgIpc) is 2.85. The van der Waals surface area contributed by atoms with Crippen LogP contribution in [0.5, 0.6) is 5.75 Å². The van der Waals surface area contributed by atoms with E-state index in [1.807, 2.05) is 25.1 Å². The maximum absolute atomic E-state index is 5.90. The van der Waals surface area contributed by atoms with Crippen molar-refractivity contribution in [3.63, 3.8) is 0 Å². The second-order valence-corrected chi connectivity index (χ2v) is 3.79. The van der Waals surface area contributed by atoms with E-state index in [-0.39, 0.29) is 6.04 Å². The Morgan fingerprint density at radius 2 is 2.29 bits per heavy atom. The predicted molar refractivity (Wildman–Crippen MR) is 68.0 cm³/mol. The van der Waals surface area contributed by atoms with Crippen LogP contribution in [0.3, 0.4) is 0 Å². The molecule has 0 bridgehead atoms. The van der Waals surface area contributed by atoms with Crippen molar-refractivity contribution in [1.82, 2.24) is 9.97 Å². The van der Waals surface area contributed by atoms with Crippen molar-refractivity contribution >= 4 is 11.4 Å². The summed E-state index contributed by atoms with van der Waals surface area (Å²) in [5, 5.41) is 3.29. The molecule has 4 N–H and O–H groups in total. The fourth-order valence-corrected chi connectivity index (χ4v) is 1.60. The number of anilines is 2. The number of aromatic nitrogens is 2. The quantitative estimate of drug-likeness (QED) is 0.706. The number of nitrogens with two attached hydrogens (primary N) is 1. The molecular formula is C12H16N4O. The van der Waals surface area contributed by atoms with Gasteiger partial charge >= 0.3 is 0 Å². The third kappa shape index (κ3) is 2.50. The number of benzene rings is 1. The summed E-state index contributed by atoms with van der Waals surface area (Å²) in [6.45, 7) is 2.01. The summed E-state index contributed by atoms with van der Waals surface area (Å²) in [7, 11) is 1.63. The van der Waals surface area contributed by atoms with Gasteiger partial charge in [0, 0.05) is 18.5 Å². The summed E-state index contributed by atoms with van der Waals surface area (Å²) < 4.78 is 5.16. The summed E-state index contributed by atoms with van der Waals surface area (Å²) in [4.78, 5) is 7.25. The molecule has 0 spiro atoms. The van der Waals surface area contributed by atoms with E-state index in [0.29, 0.717) is 5.69 Å². The van der Waals surface area contributed by atoms with Crippen LogP contribution in [0.25, 0.3) is 0 Å². The molecule has 5 nitrogen and oxygen atoms in total. The number of nitrogens with one attached hydrogen (secondary N) is 2. The molecule has 0 fully saturated rings. The molecule has 0 radical (unpaired) electrons. The van der Waals surface area contributed by atoms with Gasteiger partial charge in [-0.2, -0.15) is 0 Å². The van der Waals surface area contributed by atoms with Gasteiger partial charge in [0.2, 0.25) is 0 Å².